The number of fused-ring (bicyclic) bond motifs is 1. The summed E-state index contributed by atoms with van der Waals surface area (Å²) in [6, 6.07) is 6.17. The molecule has 3 aliphatic rings. The van der Waals surface area contributed by atoms with Crippen LogP contribution in [0, 0.1) is 12.8 Å². The largest absolute Gasteiger partial charge is 0.486 e. The minimum Gasteiger partial charge on any atom is -0.486 e. The van der Waals surface area contributed by atoms with E-state index in [4.69, 9.17) is 13.9 Å². The summed E-state index contributed by atoms with van der Waals surface area (Å²) >= 11 is 0. The van der Waals surface area contributed by atoms with E-state index in [0.717, 1.165) is 37.4 Å². The van der Waals surface area contributed by atoms with Gasteiger partial charge in [0.2, 0.25) is 17.7 Å². The number of amides is 1. The first-order chi connectivity index (χ1) is 14.2. The van der Waals surface area contributed by atoms with E-state index in [-0.39, 0.29) is 17.7 Å². The maximum atomic E-state index is 13.1. The van der Waals surface area contributed by atoms with Gasteiger partial charge in [0.25, 0.3) is 0 Å². The molecule has 1 saturated carbocycles. The highest BCUT2D eigenvalue weighted by Gasteiger charge is 2.36. The van der Waals surface area contributed by atoms with Crippen LogP contribution in [0.15, 0.2) is 22.6 Å². The van der Waals surface area contributed by atoms with Gasteiger partial charge in [-0.15, -0.1) is 10.2 Å². The predicted molar refractivity (Wildman–Crippen MR) is 105 cm³/mol. The molecule has 2 aromatic rings. The van der Waals surface area contributed by atoms with Crippen LogP contribution in [-0.4, -0.2) is 47.3 Å². The zero-order valence-corrected chi connectivity index (χ0v) is 16.8. The van der Waals surface area contributed by atoms with E-state index in [2.05, 4.69) is 22.3 Å². The number of rotatable bonds is 5. The summed E-state index contributed by atoms with van der Waals surface area (Å²) in [7, 11) is 0. The van der Waals surface area contributed by atoms with Crippen molar-refractivity contribution in [3.8, 4) is 11.5 Å². The van der Waals surface area contributed by atoms with Crippen LogP contribution in [0.25, 0.3) is 0 Å². The molecule has 5 rings (SSSR count). The van der Waals surface area contributed by atoms with Crippen LogP contribution in [-0.2, 0) is 4.79 Å². The first-order valence-corrected chi connectivity index (χ1v) is 10.6. The molecule has 7 heteroatoms. The molecule has 0 N–H and O–H groups in total. The first kappa shape index (κ1) is 18.5. The van der Waals surface area contributed by atoms with E-state index in [1.54, 1.807) is 0 Å². The highest BCUT2D eigenvalue weighted by molar-refractivity contribution is 5.77. The van der Waals surface area contributed by atoms with Crippen molar-refractivity contribution in [3.05, 3.63) is 35.5 Å². The van der Waals surface area contributed by atoms with Crippen LogP contribution in [0.5, 0.6) is 11.5 Å². The fraction of sp³-hybridized carbons (Fsp3) is 0.591. The lowest BCUT2D eigenvalue weighted by atomic mass is 9.89. The lowest BCUT2D eigenvalue weighted by Crippen LogP contribution is -2.38. The summed E-state index contributed by atoms with van der Waals surface area (Å²) in [5.41, 5.74) is 1.20. The van der Waals surface area contributed by atoms with Crippen LogP contribution in [0.3, 0.4) is 0 Å². The van der Waals surface area contributed by atoms with E-state index in [1.165, 1.54) is 18.4 Å². The number of carbonyl (C=O) groups excluding carboxylic acids is 1. The Morgan fingerprint density at radius 2 is 1.86 bits per heavy atom. The summed E-state index contributed by atoms with van der Waals surface area (Å²) in [4.78, 5) is 15.1. The van der Waals surface area contributed by atoms with E-state index in [9.17, 15) is 4.79 Å². The van der Waals surface area contributed by atoms with Gasteiger partial charge in [0, 0.05) is 32.4 Å². The third-order valence-corrected chi connectivity index (χ3v) is 6.32. The monoisotopic (exact) mass is 397 g/mol. The SMILES string of the molecule is Cc1nnc(C2CCN(C(=O)CC(c3ccc4c(c3)OCCO4)C3CC3)CC2)o1. The number of carbonyl (C=O) groups is 1. The van der Waals surface area contributed by atoms with Crippen LogP contribution >= 0.6 is 0 Å². The Bertz CT molecular complexity index is 884. The quantitative estimate of drug-likeness (QED) is 0.769. The lowest BCUT2D eigenvalue weighted by Gasteiger charge is -2.32. The Hall–Kier alpha value is -2.57. The molecule has 1 saturated heterocycles. The zero-order chi connectivity index (χ0) is 19.8. The van der Waals surface area contributed by atoms with Crippen molar-refractivity contribution in [3.63, 3.8) is 0 Å². The Labute approximate surface area is 170 Å². The second-order valence-corrected chi connectivity index (χ2v) is 8.37. The molecule has 154 valence electrons. The molecular weight excluding hydrogens is 370 g/mol. The number of aryl methyl sites for hydroxylation is 1. The van der Waals surface area contributed by atoms with Gasteiger partial charge in [-0.3, -0.25) is 4.79 Å². The highest BCUT2D eigenvalue weighted by atomic mass is 16.6. The molecule has 3 heterocycles. The Morgan fingerprint density at radius 1 is 1.10 bits per heavy atom. The molecule has 1 atom stereocenters. The van der Waals surface area contributed by atoms with Crippen LogP contribution < -0.4 is 9.47 Å². The fourth-order valence-electron chi connectivity index (χ4n) is 4.52. The molecule has 0 bridgehead atoms. The average molecular weight is 397 g/mol. The highest BCUT2D eigenvalue weighted by Crippen LogP contribution is 2.46. The standard InChI is InChI=1S/C22H27N3O4/c1-14-23-24-22(29-14)16-6-8-25(9-7-16)21(26)13-18(15-2-3-15)17-4-5-19-20(12-17)28-11-10-27-19/h4-5,12,15-16,18H,2-3,6-11,13H2,1H3. The van der Waals surface area contributed by atoms with Gasteiger partial charge in [0.15, 0.2) is 11.5 Å². The molecular formula is C22H27N3O4. The van der Waals surface area contributed by atoms with Gasteiger partial charge >= 0.3 is 0 Å². The van der Waals surface area contributed by atoms with Crippen molar-refractivity contribution in [1.82, 2.24) is 15.1 Å². The summed E-state index contributed by atoms with van der Waals surface area (Å²) < 4.78 is 17.0. The van der Waals surface area contributed by atoms with Gasteiger partial charge in [-0.05, 0) is 55.2 Å². The minimum absolute atomic E-state index is 0.247. The van der Waals surface area contributed by atoms with E-state index < -0.39 is 0 Å². The summed E-state index contributed by atoms with van der Waals surface area (Å²) in [5.74, 6) is 4.29. The number of piperidine rings is 1. The smallest absolute Gasteiger partial charge is 0.223 e. The molecule has 7 nitrogen and oxygen atoms in total. The van der Waals surface area contributed by atoms with Crippen molar-refractivity contribution in [2.45, 2.75) is 50.9 Å². The third kappa shape index (κ3) is 3.95. The Balaban J connectivity index is 1.23. The average Bonchev–Trinajstić information content (AvgIpc) is 3.51. The lowest BCUT2D eigenvalue weighted by molar-refractivity contribution is -0.132. The van der Waals surface area contributed by atoms with Gasteiger partial charge in [0.1, 0.15) is 13.2 Å². The summed E-state index contributed by atoms with van der Waals surface area (Å²) in [6.45, 7) is 4.49. The van der Waals surface area contributed by atoms with E-state index in [1.807, 2.05) is 17.9 Å². The number of likely N-dealkylation sites (tertiary alicyclic amines) is 1. The van der Waals surface area contributed by atoms with Gasteiger partial charge in [-0.25, -0.2) is 0 Å². The van der Waals surface area contributed by atoms with Crippen molar-refractivity contribution >= 4 is 5.91 Å². The third-order valence-electron chi connectivity index (χ3n) is 6.32. The molecule has 1 amide bonds. The molecule has 0 radical (unpaired) electrons. The van der Waals surface area contributed by atoms with Crippen molar-refractivity contribution in [2.24, 2.45) is 5.92 Å². The van der Waals surface area contributed by atoms with Gasteiger partial charge in [-0.2, -0.15) is 0 Å². The van der Waals surface area contributed by atoms with Gasteiger partial charge in [0.05, 0.1) is 0 Å². The zero-order valence-electron chi connectivity index (χ0n) is 16.8. The van der Waals surface area contributed by atoms with Crippen molar-refractivity contribution in [1.29, 1.82) is 0 Å². The molecule has 1 aliphatic carbocycles. The second-order valence-electron chi connectivity index (χ2n) is 8.37. The molecule has 29 heavy (non-hydrogen) atoms. The Morgan fingerprint density at radius 3 is 2.55 bits per heavy atom. The summed E-state index contributed by atoms with van der Waals surface area (Å²) in [6.07, 6.45) is 4.72. The normalized spacial score (nSPS) is 20.5. The number of hydrogen-bond acceptors (Lipinski definition) is 6. The molecule has 1 unspecified atom stereocenters. The van der Waals surface area contributed by atoms with E-state index in [0.29, 0.717) is 37.3 Å². The topological polar surface area (TPSA) is 77.7 Å². The number of nitrogens with zero attached hydrogens (tertiary/aromatic N) is 3. The first-order valence-electron chi connectivity index (χ1n) is 10.6. The molecule has 1 aromatic carbocycles. The number of hydrogen-bond donors (Lipinski definition) is 0. The molecule has 2 fully saturated rings. The summed E-state index contributed by atoms with van der Waals surface area (Å²) in [5, 5.41) is 8.08. The molecule has 2 aliphatic heterocycles. The molecule has 0 spiro atoms. The Kier molecular flexibility index (Phi) is 4.89. The van der Waals surface area contributed by atoms with Gasteiger partial charge in [-0.1, -0.05) is 6.07 Å². The van der Waals surface area contributed by atoms with Crippen LogP contribution in [0.4, 0.5) is 0 Å². The van der Waals surface area contributed by atoms with Crippen molar-refractivity contribution < 1.29 is 18.7 Å². The fourth-order valence-corrected chi connectivity index (χ4v) is 4.52. The number of ether oxygens (including phenoxy) is 2. The second kappa shape index (κ2) is 7.69. The predicted octanol–water partition coefficient (Wildman–Crippen LogP) is 3.44. The maximum absolute atomic E-state index is 13.1. The number of benzene rings is 1. The van der Waals surface area contributed by atoms with Crippen LogP contribution in [0.1, 0.15) is 61.3 Å². The maximum Gasteiger partial charge on any atom is 0.223 e. The van der Waals surface area contributed by atoms with E-state index >= 15 is 0 Å². The van der Waals surface area contributed by atoms with Crippen molar-refractivity contribution in [2.75, 3.05) is 26.3 Å². The van der Waals surface area contributed by atoms with Crippen LogP contribution in [0.2, 0.25) is 0 Å². The number of aromatic nitrogens is 2. The minimum atomic E-state index is 0.247. The van der Waals surface area contributed by atoms with Gasteiger partial charge < -0.3 is 18.8 Å². The molecule has 1 aromatic heterocycles.